The second kappa shape index (κ2) is 3.88. The fraction of sp³-hybridized carbons (Fsp3) is 0.300. The van der Waals surface area contributed by atoms with Crippen molar-refractivity contribution in [2.45, 2.75) is 19.4 Å². The van der Waals surface area contributed by atoms with Crippen LogP contribution in [0.1, 0.15) is 24.2 Å². The standard InChI is InChI=1S/C10H10N2O2/c1-4-10(2,3)14-9-11-5-8(7-13)6-12-9/h1,5-7H,2-3H3. The molecule has 0 saturated carbocycles. The average Bonchev–Trinajstić information content (AvgIpc) is 2.19. The highest BCUT2D eigenvalue weighted by molar-refractivity contribution is 5.73. The van der Waals surface area contributed by atoms with E-state index in [1.54, 1.807) is 13.8 Å². The molecule has 0 radical (unpaired) electrons. The number of ether oxygens (including phenoxy) is 1. The number of aromatic nitrogens is 2. The molecule has 0 aliphatic rings. The van der Waals surface area contributed by atoms with Crippen LogP contribution in [0.5, 0.6) is 6.01 Å². The summed E-state index contributed by atoms with van der Waals surface area (Å²) in [5.41, 5.74) is -0.348. The molecule has 0 fully saturated rings. The molecule has 4 heteroatoms. The van der Waals surface area contributed by atoms with Gasteiger partial charge >= 0.3 is 6.01 Å². The second-order valence-electron chi connectivity index (χ2n) is 3.17. The van der Waals surface area contributed by atoms with Crippen molar-refractivity contribution in [2.75, 3.05) is 0 Å². The summed E-state index contributed by atoms with van der Waals surface area (Å²) in [6, 6.07) is 0.165. The molecule has 0 amide bonds. The van der Waals surface area contributed by atoms with Crippen LogP contribution in [0, 0.1) is 12.3 Å². The molecule has 0 aliphatic heterocycles. The Hall–Kier alpha value is -1.89. The summed E-state index contributed by atoms with van der Waals surface area (Å²) in [5.74, 6) is 2.45. The minimum Gasteiger partial charge on any atom is -0.444 e. The van der Waals surface area contributed by atoms with Crippen LogP contribution in [0.2, 0.25) is 0 Å². The first-order valence-electron chi connectivity index (χ1n) is 4.01. The Balaban J connectivity index is 2.80. The van der Waals surface area contributed by atoms with E-state index in [2.05, 4.69) is 15.9 Å². The van der Waals surface area contributed by atoms with Crippen molar-refractivity contribution in [3.05, 3.63) is 18.0 Å². The molecular formula is C10H10N2O2. The molecule has 14 heavy (non-hydrogen) atoms. The van der Waals surface area contributed by atoms with Crippen LogP contribution in [-0.2, 0) is 0 Å². The fourth-order valence-electron chi connectivity index (χ4n) is 0.697. The first-order chi connectivity index (χ1) is 6.57. The van der Waals surface area contributed by atoms with E-state index in [9.17, 15) is 4.79 Å². The molecule has 0 spiro atoms. The fourth-order valence-corrected chi connectivity index (χ4v) is 0.697. The van der Waals surface area contributed by atoms with Crippen molar-refractivity contribution in [1.82, 2.24) is 9.97 Å². The Morgan fingerprint density at radius 1 is 1.50 bits per heavy atom. The van der Waals surface area contributed by atoms with Crippen molar-refractivity contribution in [3.8, 4) is 18.4 Å². The first kappa shape index (κ1) is 10.2. The van der Waals surface area contributed by atoms with Crippen molar-refractivity contribution in [2.24, 2.45) is 0 Å². The van der Waals surface area contributed by atoms with Gasteiger partial charge in [0.05, 0.1) is 5.56 Å². The molecule has 72 valence electrons. The van der Waals surface area contributed by atoms with Crippen LogP contribution >= 0.6 is 0 Å². The van der Waals surface area contributed by atoms with Gasteiger partial charge in [-0.15, -0.1) is 6.42 Å². The molecule has 0 N–H and O–H groups in total. The van der Waals surface area contributed by atoms with E-state index < -0.39 is 5.60 Å². The summed E-state index contributed by atoms with van der Waals surface area (Å²) in [6.07, 6.45) is 8.64. The molecule has 0 bridgehead atoms. The highest BCUT2D eigenvalue weighted by Crippen LogP contribution is 2.11. The van der Waals surface area contributed by atoms with Gasteiger partial charge in [0.25, 0.3) is 0 Å². The normalized spacial score (nSPS) is 10.4. The van der Waals surface area contributed by atoms with Crippen LogP contribution in [0.15, 0.2) is 12.4 Å². The third-order valence-electron chi connectivity index (χ3n) is 1.48. The van der Waals surface area contributed by atoms with Gasteiger partial charge in [-0.3, -0.25) is 4.79 Å². The van der Waals surface area contributed by atoms with Gasteiger partial charge in [0.15, 0.2) is 11.9 Å². The largest absolute Gasteiger partial charge is 0.444 e. The summed E-state index contributed by atoms with van der Waals surface area (Å²) >= 11 is 0. The molecule has 0 unspecified atom stereocenters. The van der Waals surface area contributed by atoms with Crippen molar-refractivity contribution in [3.63, 3.8) is 0 Å². The van der Waals surface area contributed by atoms with Crippen LogP contribution in [0.3, 0.4) is 0 Å². The lowest BCUT2D eigenvalue weighted by Gasteiger charge is -2.17. The summed E-state index contributed by atoms with van der Waals surface area (Å²) in [5, 5.41) is 0. The van der Waals surface area contributed by atoms with Crippen LogP contribution < -0.4 is 4.74 Å². The molecule has 1 rings (SSSR count). The van der Waals surface area contributed by atoms with E-state index in [0.29, 0.717) is 11.8 Å². The van der Waals surface area contributed by atoms with E-state index >= 15 is 0 Å². The Morgan fingerprint density at radius 3 is 2.50 bits per heavy atom. The lowest BCUT2D eigenvalue weighted by atomic mass is 10.1. The molecule has 4 nitrogen and oxygen atoms in total. The third-order valence-corrected chi connectivity index (χ3v) is 1.48. The van der Waals surface area contributed by atoms with Gasteiger partial charge in [-0.05, 0) is 13.8 Å². The number of carbonyl (C=O) groups is 1. The summed E-state index contributed by atoms with van der Waals surface area (Å²) in [4.78, 5) is 18.0. The number of hydrogen-bond donors (Lipinski definition) is 0. The number of carbonyl (C=O) groups excluding carboxylic acids is 1. The quantitative estimate of drug-likeness (QED) is 0.528. The maximum atomic E-state index is 10.3. The van der Waals surface area contributed by atoms with Gasteiger partial charge in [0.2, 0.25) is 0 Å². The minimum atomic E-state index is -0.747. The zero-order valence-electron chi connectivity index (χ0n) is 8.02. The summed E-state index contributed by atoms with van der Waals surface area (Å²) in [7, 11) is 0. The highest BCUT2D eigenvalue weighted by atomic mass is 16.5. The predicted molar refractivity (Wildman–Crippen MR) is 51.0 cm³/mol. The van der Waals surface area contributed by atoms with Gasteiger partial charge in [-0.1, -0.05) is 5.92 Å². The van der Waals surface area contributed by atoms with Crippen molar-refractivity contribution in [1.29, 1.82) is 0 Å². The van der Waals surface area contributed by atoms with Crippen LogP contribution in [-0.4, -0.2) is 21.9 Å². The lowest BCUT2D eigenvalue weighted by molar-refractivity contribution is 0.112. The second-order valence-corrected chi connectivity index (χ2v) is 3.17. The van der Waals surface area contributed by atoms with E-state index in [1.807, 2.05) is 0 Å². The molecule has 0 aliphatic carbocycles. The molecule has 0 saturated heterocycles. The third kappa shape index (κ3) is 2.56. The smallest absolute Gasteiger partial charge is 0.317 e. The Kier molecular flexibility index (Phi) is 2.82. The van der Waals surface area contributed by atoms with E-state index in [4.69, 9.17) is 11.2 Å². The predicted octanol–water partition coefficient (Wildman–Crippen LogP) is 1.08. The maximum absolute atomic E-state index is 10.3. The number of nitrogens with zero attached hydrogens (tertiary/aromatic N) is 2. The zero-order valence-corrected chi connectivity index (χ0v) is 8.02. The Morgan fingerprint density at radius 2 is 2.07 bits per heavy atom. The highest BCUT2D eigenvalue weighted by Gasteiger charge is 2.16. The van der Waals surface area contributed by atoms with Gasteiger partial charge in [0, 0.05) is 12.4 Å². The average molecular weight is 190 g/mol. The van der Waals surface area contributed by atoms with Crippen molar-refractivity contribution >= 4 is 6.29 Å². The van der Waals surface area contributed by atoms with Crippen molar-refractivity contribution < 1.29 is 9.53 Å². The minimum absolute atomic E-state index is 0.165. The SMILES string of the molecule is C#CC(C)(C)Oc1ncc(C=O)cn1. The molecule has 1 aromatic heterocycles. The van der Waals surface area contributed by atoms with Gasteiger partial charge < -0.3 is 4.74 Å². The number of aldehydes is 1. The van der Waals surface area contributed by atoms with E-state index in [-0.39, 0.29) is 6.01 Å². The number of terminal acetylenes is 1. The first-order valence-corrected chi connectivity index (χ1v) is 4.01. The molecular weight excluding hydrogens is 180 g/mol. The van der Waals surface area contributed by atoms with E-state index in [0.717, 1.165) is 0 Å². The Bertz CT molecular complexity index is 363. The van der Waals surface area contributed by atoms with Gasteiger partial charge in [0.1, 0.15) is 0 Å². The zero-order chi connectivity index (χ0) is 10.6. The lowest BCUT2D eigenvalue weighted by Crippen LogP contribution is -2.26. The Labute approximate surface area is 82.3 Å². The topological polar surface area (TPSA) is 52.1 Å². The number of rotatable bonds is 3. The summed E-state index contributed by atoms with van der Waals surface area (Å²) in [6.45, 7) is 3.45. The summed E-state index contributed by atoms with van der Waals surface area (Å²) < 4.78 is 5.28. The molecule has 0 atom stereocenters. The number of hydrogen-bond acceptors (Lipinski definition) is 4. The van der Waals surface area contributed by atoms with Gasteiger partial charge in [-0.25, -0.2) is 9.97 Å². The van der Waals surface area contributed by atoms with E-state index in [1.165, 1.54) is 12.4 Å². The van der Waals surface area contributed by atoms with Crippen LogP contribution in [0.4, 0.5) is 0 Å². The van der Waals surface area contributed by atoms with Crippen LogP contribution in [0.25, 0.3) is 0 Å². The van der Waals surface area contributed by atoms with Gasteiger partial charge in [-0.2, -0.15) is 0 Å². The molecule has 1 heterocycles. The maximum Gasteiger partial charge on any atom is 0.317 e. The molecule has 1 aromatic rings. The molecule has 0 aromatic carbocycles. The monoisotopic (exact) mass is 190 g/mol.